The molecule has 1 saturated heterocycles. The molecule has 1 atom stereocenters. The molecule has 1 fully saturated rings. The molecule has 2 heterocycles. The van der Waals surface area contributed by atoms with Crippen LogP contribution in [0.3, 0.4) is 0 Å². The number of benzene rings is 1. The summed E-state index contributed by atoms with van der Waals surface area (Å²) >= 11 is 0. The quantitative estimate of drug-likeness (QED) is 0.366. The van der Waals surface area contributed by atoms with Gasteiger partial charge in [-0.3, -0.25) is 19.3 Å². The van der Waals surface area contributed by atoms with Crippen LogP contribution in [0.15, 0.2) is 24.3 Å². The van der Waals surface area contributed by atoms with Crippen molar-refractivity contribution in [3.63, 3.8) is 0 Å². The summed E-state index contributed by atoms with van der Waals surface area (Å²) in [7, 11) is 1.49. The Morgan fingerprint density at radius 2 is 2.11 bits per heavy atom. The largest absolute Gasteiger partial charge is 0.493 e. The van der Waals surface area contributed by atoms with Crippen LogP contribution in [0.4, 0.5) is 4.79 Å². The van der Waals surface area contributed by atoms with E-state index in [1.54, 1.807) is 24.3 Å². The topological polar surface area (TPSA) is 123 Å². The molecule has 10 nitrogen and oxygen atoms in total. The number of methoxy groups -OCH3 is 1. The number of hydrogen-bond acceptors (Lipinski definition) is 7. The van der Waals surface area contributed by atoms with Crippen LogP contribution in [0.1, 0.15) is 12.0 Å². The molecular weight excluding hydrogens is 370 g/mol. The first-order chi connectivity index (χ1) is 13.5. The standard InChI is InChI=1S/C18H21N3O7/c1-26-9-7-19-14(22)11-28-15(23)10-21-16(24)18(20-17(21)25)6-8-27-13-5-3-2-4-12(13)18/h2-5H,6-11H2,1H3,(H,19,22)(H,20,25)/t18-/m1/s1. The second-order valence-corrected chi connectivity index (χ2v) is 6.32. The predicted octanol–water partition coefficient (Wildman–Crippen LogP) is -0.478. The molecule has 2 aliphatic rings. The number of amides is 4. The van der Waals surface area contributed by atoms with Gasteiger partial charge in [-0.25, -0.2) is 4.79 Å². The smallest absolute Gasteiger partial charge is 0.326 e. The van der Waals surface area contributed by atoms with Gasteiger partial charge in [-0.1, -0.05) is 18.2 Å². The molecule has 0 aromatic heterocycles. The van der Waals surface area contributed by atoms with E-state index in [-0.39, 0.29) is 19.6 Å². The Hall–Kier alpha value is -3.14. The van der Waals surface area contributed by atoms with E-state index in [9.17, 15) is 19.2 Å². The van der Waals surface area contributed by atoms with Crippen LogP contribution in [0.25, 0.3) is 0 Å². The summed E-state index contributed by atoms with van der Waals surface area (Å²) in [5.74, 6) is -1.39. The highest BCUT2D eigenvalue weighted by atomic mass is 16.5. The van der Waals surface area contributed by atoms with E-state index in [4.69, 9.17) is 14.2 Å². The molecule has 1 aromatic carbocycles. The van der Waals surface area contributed by atoms with Gasteiger partial charge < -0.3 is 24.8 Å². The number of ether oxygens (including phenoxy) is 3. The van der Waals surface area contributed by atoms with Crippen molar-refractivity contribution in [1.29, 1.82) is 0 Å². The molecule has 1 spiro atoms. The SMILES string of the molecule is COCCNC(=O)COC(=O)CN1C(=O)N[C@@]2(CCOc3ccccc32)C1=O. The normalized spacial score (nSPS) is 20.4. The van der Waals surface area contributed by atoms with Crippen molar-refractivity contribution in [3.05, 3.63) is 29.8 Å². The van der Waals surface area contributed by atoms with Crippen molar-refractivity contribution in [2.45, 2.75) is 12.0 Å². The fourth-order valence-corrected chi connectivity index (χ4v) is 3.18. The van der Waals surface area contributed by atoms with E-state index in [1.165, 1.54) is 7.11 Å². The van der Waals surface area contributed by atoms with Crippen molar-refractivity contribution < 1.29 is 33.4 Å². The molecule has 2 N–H and O–H groups in total. The molecule has 1 aromatic rings. The highest BCUT2D eigenvalue weighted by molar-refractivity contribution is 6.09. The van der Waals surface area contributed by atoms with Crippen LogP contribution >= 0.6 is 0 Å². The van der Waals surface area contributed by atoms with Gasteiger partial charge in [0.15, 0.2) is 12.1 Å². The summed E-state index contributed by atoms with van der Waals surface area (Å²) < 4.78 is 15.2. The Labute approximate surface area is 161 Å². The number of rotatable bonds is 7. The monoisotopic (exact) mass is 391 g/mol. The van der Waals surface area contributed by atoms with E-state index in [1.807, 2.05) is 0 Å². The van der Waals surface area contributed by atoms with Crippen LogP contribution in [0, 0.1) is 0 Å². The lowest BCUT2D eigenvalue weighted by atomic mass is 9.84. The number of fused-ring (bicyclic) bond motifs is 2. The average molecular weight is 391 g/mol. The zero-order valence-corrected chi connectivity index (χ0v) is 15.4. The van der Waals surface area contributed by atoms with Gasteiger partial charge in [0, 0.05) is 25.6 Å². The minimum Gasteiger partial charge on any atom is -0.493 e. The third-order valence-electron chi connectivity index (χ3n) is 4.54. The number of imide groups is 1. The van der Waals surface area contributed by atoms with Gasteiger partial charge in [-0.15, -0.1) is 0 Å². The average Bonchev–Trinajstić information content (AvgIpc) is 2.92. The van der Waals surface area contributed by atoms with Gasteiger partial charge in [-0.05, 0) is 6.07 Å². The van der Waals surface area contributed by atoms with Crippen LogP contribution in [0.2, 0.25) is 0 Å². The first-order valence-electron chi connectivity index (χ1n) is 8.75. The third kappa shape index (κ3) is 3.77. The van der Waals surface area contributed by atoms with E-state index in [0.29, 0.717) is 17.9 Å². The zero-order valence-electron chi connectivity index (χ0n) is 15.4. The molecule has 4 amide bonds. The maximum atomic E-state index is 13.0. The second kappa shape index (κ2) is 8.26. The predicted molar refractivity (Wildman–Crippen MR) is 94.3 cm³/mol. The second-order valence-electron chi connectivity index (χ2n) is 6.32. The molecule has 3 rings (SSSR count). The first-order valence-corrected chi connectivity index (χ1v) is 8.75. The van der Waals surface area contributed by atoms with Crippen LogP contribution < -0.4 is 15.4 Å². The van der Waals surface area contributed by atoms with Gasteiger partial charge in [0.2, 0.25) is 0 Å². The molecular formula is C18H21N3O7. The molecule has 28 heavy (non-hydrogen) atoms. The van der Waals surface area contributed by atoms with Gasteiger partial charge in [0.1, 0.15) is 12.3 Å². The Kier molecular flexibility index (Phi) is 5.78. The van der Waals surface area contributed by atoms with E-state index in [2.05, 4.69) is 10.6 Å². The maximum Gasteiger partial charge on any atom is 0.326 e. The lowest BCUT2D eigenvalue weighted by Crippen LogP contribution is -2.47. The highest BCUT2D eigenvalue weighted by Gasteiger charge is 2.55. The third-order valence-corrected chi connectivity index (χ3v) is 4.54. The number of nitrogens with one attached hydrogen (secondary N) is 2. The summed E-state index contributed by atoms with van der Waals surface area (Å²) in [6, 6.07) is 6.25. The van der Waals surface area contributed by atoms with Crippen molar-refractivity contribution >= 4 is 23.8 Å². The first kappa shape index (κ1) is 19.6. The highest BCUT2D eigenvalue weighted by Crippen LogP contribution is 2.40. The van der Waals surface area contributed by atoms with Crippen LogP contribution in [-0.2, 0) is 29.4 Å². The molecule has 0 aliphatic carbocycles. The van der Waals surface area contributed by atoms with Crippen molar-refractivity contribution in [2.24, 2.45) is 0 Å². The lowest BCUT2D eigenvalue weighted by Gasteiger charge is -2.33. The summed E-state index contributed by atoms with van der Waals surface area (Å²) in [4.78, 5) is 49.7. The van der Waals surface area contributed by atoms with Crippen LogP contribution in [0.5, 0.6) is 5.75 Å². The molecule has 0 bridgehead atoms. The van der Waals surface area contributed by atoms with Crippen LogP contribution in [-0.4, -0.2) is 68.7 Å². The molecule has 150 valence electrons. The molecule has 0 unspecified atom stereocenters. The summed E-state index contributed by atoms with van der Waals surface area (Å²) in [5.41, 5.74) is -0.711. The fourth-order valence-electron chi connectivity index (χ4n) is 3.18. The summed E-state index contributed by atoms with van der Waals surface area (Å²) in [5, 5.41) is 5.18. The van der Waals surface area contributed by atoms with E-state index < -0.39 is 42.5 Å². The minimum absolute atomic E-state index is 0.252. The van der Waals surface area contributed by atoms with Gasteiger partial charge >= 0.3 is 12.0 Å². The number of urea groups is 1. The summed E-state index contributed by atoms with van der Waals surface area (Å²) in [6.45, 7) is -0.225. The number of esters is 1. The van der Waals surface area contributed by atoms with E-state index in [0.717, 1.165) is 4.90 Å². The number of carbonyl (C=O) groups is 4. The number of para-hydroxylation sites is 1. The van der Waals surface area contributed by atoms with Gasteiger partial charge in [0.25, 0.3) is 11.8 Å². The molecule has 10 heteroatoms. The van der Waals surface area contributed by atoms with Gasteiger partial charge in [0.05, 0.1) is 13.2 Å². The number of hydrogen-bond donors (Lipinski definition) is 2. The molecule has 0 radical (unpaired) electrons. The minimum atomic E-state index is -1.26. The Morgan fingerprint density at radius 3 is 2.89 bits per heavy atom. The lowest BCUT2D eigenvalue weighted by molar-refractivity contribution is -0.151. The Morgan fingerprint density at radius 1 is 1.32 bits per heavy atom. The Bertz CT molecular complexity index is 797. The van der Waals surface area contributed by atoms with E-state index >= 15 is 0 Å². The zero-order chi connectivity index (χ0) is 20.1. The molecule has 2 aliphatic heterocycles. The van der Waals surface area contributed by atoms with Crippen molar-refractivity contribution in [2.75, 3.05) is 40.0 Å². The maximum absolute atomic E-state index is 13.0. The Balaban J connectivity index is 1.62. The summed E-state index contributed by atoms with van der Waals surface area (Å²) in [6.07, 6.45) is 0.252. The number of carbonyl (C=O) groups excluding carboxylic acids is 4. The van der Waals surface area contributed by atoms with Gasteiger partial charge in [-0.2, -0.15) is 0 Å². The fraction of sp³-hybridized carbons (Fsp3) is 0.444. The molecule has 0 saturated carbocycles. The number of nitrogens with zero attached hydrogens (tertiary/aromatic N) is 1. The van der Waals surface area contributed by atoms with Crippen molar-refractivity contribution in [1.82, 2.24) is 15.5 Å². The van der Waals surface area contributed by atoms with Crippen molar-refractivity contribution in [3.8, 4) is 5.75 Å².